The van der Waals surface area contributed by atoms with Crippen LogP contribution in [0.2, 0.25) is 0 Å². The molecule has 0 spiro atoms. The molecule has 0 aliphatic carbocycles. The molecule has 2 aromatic rings. The third-order valence-corrected chi connectivity index (χ3v) is 5.90. The Labute approximate surface area is 158 Å². The van der Waals surface area contributed by atoms with Crippen LogP contribution in [0.25, 0.3) is 0 Å². The number of thioether (sulfide) groups is 1. The van der Waals surface area contributed by atoms with Gasteiger partial charge in [0.05, 0.1) is 5.75 Å². The molecule has 1 aromatic heterocycles. The van der Waals surface area contributed by atoms with Gasteiger partial charge >= 0.3 is 0 Å². The topological polar surface area (TPSA) is 55.2 Å². The van der Waals surface area contributed by atoms with Crippen LogP contribution in [0, 0.1) is 12.8 Å². The summed E-state index contributed by atoms with van der Waals surface area (Å²) in [6.45, 7) is 3.43. The molecule has 1 saturated heterocycles. The number of benzene rings is 1. The number of rotatable bonds is 5. The smallest absolute Gasteiger partial charge is 0.254 e. The van der Waals surface area contributed by atoms with E-state index in [1.807, 2.05) is 11.0 Å². The Kier molecular flexibility index (Phi) is 6.14. The Balaban J connectivity index is 1.49. The van der Waals surface area contributed by atoms with Crippen molar-refractivity contribution < 1.29 is 4.79 Å². The first kappa shape index (κ1) is 18.7. The van der Waals surface area contributed by atoms with Crippen molar-refractivity contribution in [3.63, 3.8) is 0 Å². The van der Waals surface area contributed by atoms with Crippen LogP contribution in [0.5, 0.6) is 0 Å². The molecule has 0 unspecified atom stereocenters. The summed E-state index contributed by atoms with van der Waals surface area (Å²) < 4.78 is 1.50. The quantitative estimate of drug-likeness (QED) is 0.599. The van der Waals surface area contributed by atoms with Crippen molar-refractivity contribution in [3.8, 4) is 0 Å². The Morgan fingerprint density at radius 2 is 1.92 bits per heavy atom. The molecule has 138 valence electrons. The lowest BCUT2D eigenvalue weighted by Gasteiger charge is -2.32. The highest BCUT2D eigenvalue weighted by Gasteiger charge is 2.23. The Bertz CT molecular complexity index is 812. The normalized spacial score (nSPS) is 15.2. The minimum Gasteiger partial charge on any atom is -0.342 e. The molecular weight excluding hydrogens is 346 g/mol. The Morgan fingerprint density at radius 1 is 1.23 bits per heavy atom. The van der Waals surface area contributed by atoms with Crippen LogP contribution in [-0.2, 0) is 18.3 Å². The summed E-state index contributed by atoms with van der Waals surface area (Å²) in [4.78, 5) is 30.6. The molecule has 0 radical (unpaired) electrons. The Morgan fingerprint density at radius 3 is 2.62 bits per heavy atom. The number of amides is 1. The van der Waals surface area contributed by atoms with Crippen LogP contribution in [0.4, 0.5) is 0 Å². The van der Waals surface area contributed by atoms with Gasteiger partial charge in [0.2, 0.25) is 5.91 Å². The van der Waals surface area contributed by atoms with Crippen LogP contribution in [0.15, 0.2) is 46.3 Å². The molecular formula is C20H25N3O2S. The van der Waals surface area contributed by atoms with E-state index in [9.17, 15) is 9.59 Å². The monoisotopic (exact) mass is 371 g/mol. The van der Waals surface area contributed by atoms with E-state index < -0.39 is 0 Å². The van der Waals surface area contributed by atoms with Gasteiger partial charge in [0, 0.05) is 31.9 Å². The highest BCUT2D eigenvalue weighted by Crippen LogP contribution is 2.23. The van der Waals surface area contributed by atoms with Gasteiger partial charge in [0.15, 0.2) is 5.16 Å². The zero-order chi connectivity index (χ0) is 18.5. The van der Waals surface area contributed by atoms with Gasteiger partial charge in [-0.3, -0.25) is 14.2 Å². The van der Waals surface area contributed by atoms with Crippen LogP contribution >= 0.6 is 11.8 Å². The molecule has 3 rings (SSSR count). The number of carbonyl (C=O) groups is 1. The molecule has 1 fully saturated rings. The van der Waals surface area contributed by atoms with Gasteiger partial charge in [-0.1, -0.05) is 42.1 Å². The first-order valence-corrected chi connectivity index (χ1v) is 10.0. The molecule has 1 aromatic carbocycles. The molecule has 6 heteroatoms. The number of aromatic nitrogens is 2. The average molecular weight is 372 g/mol. The highest BCUT2D eigenvalue weighted by atomic mass is 32.2. The van der Waals surface area contributed by atoms with E-state index in [4.69, 9.17) is 0 Å². The summed E-state index contributed by atoms with van der Waals surface area (Å²) in [6, 6.07) is 12.1. The van der Waals surface area contributed by atoms with Gasteiger partial charge in [0.1, 0.15) is 0 Å². The van der Waals surface area contributed by atoms with E-state index in [0.717, 1.165) is 32.4 Å². The maximum Gasteiger partial charge on any atom is 0.254 e. The molecule has 1 amide bonds. The van der Waals surface area contributed by atoms with Gasteiger partial charge in [-0.15, -0.1) is 0 Å². The summed E-state index contributed by atoms with van der Waals surface area (Å²) in [5.74, 6) is 1.10. The predicted octanol–water partition coefficient (Wildman–Crippen LogP) is 2.66. The maximum atomic E-state index is 12.5. The largest absolute Gasteiger partial charge is 0.342 e. The summed E-state index contributed by atoms with van der Waals surface area (Å²) >= 11 is 1.34. The van der Waals surface area contributed by atoms with Crippen molar-refractivity contribution in [1.82, 2.24) is 14.5 Å². The zero-order valence-corrected chi connectivity index (χ0v) is 16.2. The number of carbonyl (C=O) groups excluding carboxylic acids is 1. The predicted molar refractivity (Wildman–Crippen MR) is 104 cm³/mol. The van der Waals surface area contributed by atoms with Gasteiger partial charge in [-0.25, -0.2) is 4.98 Å². The van der Waals surface area contributed by atoms with Gasteiger partial charge in [-0.05, 0) is 37.7 Å². The van der Waals surface area contributed by atoms with Gasteiger partial charge in [-0.2, -0.15) is 0 Å². The molecule has 26 heavy (non-hydrogen) atoms. The van der Waals surface area contributed by atoms with E-state index in [1.54, 1.807) is 14.0 Å². The maximum absolute atomic E-state index is 12.5. The summed E-state index contributed by atoms with van der Waals surface area (Å²) in [6.07, 6.45) is 3.19. The second-order valence-corrected chi connectivity index (χ2v) is 7.82. The van der Waals surface area contributed by atoms with Gasteiger partial charge < -0.3 is 4.90 Å². The van der Waals surface area contributed by atoms with Crippen molar-refractivity contribution >= 4 is 17.7 Å². The molecule has 0 saturated carbocycles. The first-order chi connectivity index (χ1) is 12.5. The molecule has 1 aliphatic heterocycles. The van der Waals surface area contributed by atoms with E-state index in [0.29, 0.717) is 22.5 Å². The molecule has 2 heterocycles. The van der Waals surface area contributed by atoms with E-state index in [-0.39, 0.29) is 11.5 Å². The number of nitrogens with zero attached hydrogens (tertiary/aromatic N) is 3. The van der Waals surface area contributed by atoms with Crippen LogP contribution in [0.1, 0.15) is 24.1 Å². The minimum absolute atomic E-state index is 0.0887. The average Bonchev–Trinajstić information content (AvgIpc) is 2.64. The lowest BCUT2D eigenvalue weighted by Crippen LogP contribution is -2.40. The summed E-state index contributed by atoms with van der Waals surface area (Å²) in [7, 11) is 1.69. The van der Waals surface area contributed by atoms with Crippen LogP contribution in [-0.4, -0.2) is 39.2 Å². The number of hydrogen-bond acceptors (Lipinski definition) is 4. The van der Waals surface area contributed by atoms with E-state index >= 15 is 0 Å². The summed E-state index contributed by atoms with van der Waals surface area (Å²) in [5, 5.41) is 0.599. The third-order valence-electron chi connectivity index (χ3n) is 4.88. The van der Waals surface area contributed by atoms with E-state index in [2.05, 4.69) is 29.2 Å². The molecule has 0 bridgehead atoms. The zero-order valence-electron chi connectivity index (χ0n) is 15.4. The second kappa shape index (κ2) is 8.54. The fraction of sp³-hybridized carbons (Fsp3) is 0.450. The van der Waals surface area contributed by atoms with Crippen molar-refractivity contribution in [1.29, 1.82) is 0 Å². The van der Waals surface area contributed by atoms with Crippen molar-refractivity contribution in [2.45, 2.75) is 31.3 Å². The minimum atomic E-state index is -0.0887. The van der Waals surface area contributed by atoms with Crippen molar-refractivity contribution in [2.24, 2.45) is 13.0 Å². The third kappa shape index (κ3) is 4.75. The van der Waals surface area contributed by atoms with Crippen LogP contribution in [0.3, 0.4) is 0 Å². The van der Waals surface area contributed by atoms with E-state index in [1.165, 1.54) is 28.0 Å². The summed E-state index contributed by atoms with van der Waals surface area (Å²) in [5.41, 5.74) is 1.97. The van der Waals surface area contributed by atoms with Gasteiger partial charge in [0.25, 0.3) is 5.56 Å². The van der Waals surface area contributed by atoms with Crippen molar-refractivity contribution in [2.75, 3.05) is 18.8 Å². The van der Waals surface area contributed by atoms with Crippen LogP contribution < -0.4 is 5.56 Å². The highest BCUT2D eigenvalue weighted by molar-refractivity contribution is 7.99. The number of likely N-dealkylation sites (tertiary alicyclic amines) is 1. The lowest BCUT2D eigenvalue weighted by atomic mass is 9.90. The fourth-order valence-corrected chi connectivity index (χ4v) is 4.24. The molecule has 0 atom stereocenters. The fourth-order valence-electron chi connectivity index (χ4n) is 3.31. The molecule has 5 nitrogen and oxygen atoms in total. The standard InChI is InChI=1S/C20H25N3O2S/c1-15-12-18(24)22(2)20(21-15)26-14-19(25)23-10-8-17(9-11-23)13-16-6-4-3-5-7-16/h3-7,12,17H,8-11,13-14H2,1-2H3. The lowest BCUT2D eigenvalue weighted by molar-refractivity contribution is -0.129. The number of aryl methyl sites for hydroxylation is 1. The molecule has 0 N–H and O–H groups in total. The van der Waals surface area contributed by atoms with Crippen molar-refractivity contribution in [3.05, 3.63) is 58.0 Å². The second-order valence-electron chi connectivity index (χ2n) is 6.88. The Hall–Kier alpha value is -2.08. The first-order valence-electron chi connectivity index (χ1n) is 9.02. The molecule has 1 aliphatic rings. The SMILES string of the molecule is Cc1cc(=O)n(C)c(SCC(=O)N2CCC(Cc3ccccc3)CC2)n1. The number of piperidine rings is 1. The number of hydrogen-bond donors (Lipinski definition) is 0.